The van der Waals surface area contributed by atoms with Crippen molar-refractivity contribution < 1.29 is 0 Å². The zero-order valence-corrected chi connectivity index (χ0v) is 15.2. The Morgan fingerprint density at radius 2 is 1.73 bits per heavy atom. The van der Waals surface area contributed by atoms with E-state index in [2.05, 4.69) is 55.0 Å². The van der Waals surface area contributed by atoms with Crippen LogP contribution in [0.25, 0.3) is 0 Å². The van der Waals surface area contributed by atoms with E-state index in [1.165, 1.54) is 5.56 Å². The minimum atomic E-state index is 0.482. The van der Waals surface area contributed by atoms with Crippen LogP contribution in [0.15, 0.2) is 60.8 Å². The van der Waals surface area contributed by atoms with E-state index in [0.717, 1.165) is 36.6 Å². The Bertz CT molecular complexity index is 802. The average molecular weight is 348 g/mol. The third-order valence-electron chi connectivity index (χ3n) is 3.99. The zero-order valence-electron chi connectivity index (χ0n) is 15.2. The van der Waals surface area contributed by atoms with Crippen molar-refractivity contribution >= 4 is 23.1 Å². The summed E-state index contributed by atoms with van der Waals surface area (Å²) in [5.74, 6) is 1.20. The molecule has 0 aliphatic heterocycles. The standard InChI is InChI=1S/C20H24N6/c1-26(2)18-12-10-17(11-13-18)23-20-24-19(15-22-25-20)21-14-6-9-16-7-4-3-5-8-16/h3-5,7-8,10-13,15H,6,9,14H2,1-2H3,(H2,21,23,24,25). The van der Waals surface area contributed by atoms with Crippen LogP contribution in [0.4, 0.5) is 23.1 Å². The van der Waals surface area contributed by atoms with E-state index in [0.29, 0.717) is 5.95 Å². The van der Waals surface area contributed by atoms with Gasteiger partial charge in [-0.05, 0) is 42.7 Å². The van der Waals surface area contributed by atoms with Crippen LogP contribution in [-0.2, 0) is 6.42 Å². The quantitative estimate of drug-likeness (QED) is 0.605. The minimum Gasteiger partial charge on any atom is -0.378 e. The molecule has 6 nitrogen and oxygen atoms in total. The van der Waals surface area contributed by atoms with Gasteiger partial charge >= 0.3 is 0 Å². The number of rotatable bonds is 8. The summed E-state index contributed by atoms with van der Waals surface area (Å²) >= 11 is 0. The smallest absolute Gasteiger partial charge is 0.249 e. The van der Waals surface area contributed by atoms with Gasteiger partial charge < -0.3 is 15.5 Å². The van der Waals surface area contributed by atoms with E-state index in [1.807, 2.05) is 44.4 Å². The predicted molar refractivity (Wildman–Crippen MR) is 107 cm³/mol. The normalized spacial score (nSPS) is 10.4. The molecule has 0 spiro atoms. The third kappa shape index (κ3) is 5.17. The zero-order chi connectivity index (χ0) is 18.2. The van der Waals surface area contributed by atoms with Crippen molar-refractivity contribution in [2.24, 2.45) is 0 Å². The number of nitrogens with zero attached hydrogens (tertiary/aromatic N) is 4. The number of anilines is 4. The summed E-state index contributed by atoms with van der Waals surface area (Å²) < 4.78 is 0. The molecule has 134 valence electrons. The highest BCUT2D eigenvalue weighted by Crippen LogP contribution is 2.18. The maximum Gasteiger partial charge on any atom is 0.249 e. The highest BCUT2D eigenvalue weighted by atomic mass is 15.3. The number of benzene rings is 2. The second kappa shape index (κ2) is 8.80. The lowest BCUT2D eigenvalue weighted by Gasteiger charge is -2.13. The van der Waals surface area contributed by atoms with Crippen molar-refractivity contribution in [1.29, 1.82) is 0 Å². The number of aromatic nitrogens is 3. The van der Waals surface area contributed by atoms with E-state index >= 15 is 0 Å². The number of aryl methyl sites for hydroxylation is 1. The third-order valence-corrected chi connectivity index (χ3v) is 3.99. The van der Waals surface area contributed by atoms with Gasteiger partial charge in [-0.2, -0.15) is 10.1 Å². The molecule has 0 atom stereocenters. The molecule has 6 heteroatoms. The van der Waals surface area contributed by atoms with Crippen LogP contribution in [0.3, 0.4) is 0 Å². The molecule has 0 amide bonds. The molecule has 0 radical (unpaired) electrons. The lowest BCUT2D eigenvalue weighted by atomic mass is 10.1. The largest absolute Gasteiger partial charge is 0.378 e. The number of nitrogens with one attached hydrogen (secondary N) is 2. The SMILES string of the molecule is CN(C)c1ccc(Nc2nncc(NCCCc3ccccc3)n2)cc1. The molecular formula is C20H24N6. The van der Waals surface area contributed by atoms with Gasteiger partial charge in [0.15, 0.2) is 5.82 Å². The van der Waals surface area contributed by atoms with Gasteiger partial charge in [0, 0.05) is 32.0 Å². The number of hydrogen-bond donors (Lipinski definition) is 2. The maximum absolute atomic E-state index is 4.46. The molecule has 2 aromatic carbocycles. The summed E-state index contributed by atoms with van der Waals surface area (Å²) in [5.41, 5.74) is 3.42. The van der Waals surface area contributed by atoms with Gasteiger partial charge in [-0.25, -0.2) is 0 Å². The molecule has 0 aliphatic carbocycles. The minimum absolute atomic E-state index is 0.482. The van der Waals surface area contributed by atoms with Crippen LogP contribution in [-0.4, -0.2) is 35.8 Å². The molecule has 26 heavy (non-hydrogen) atoms. The summed E-state index contributed by atoms with van der Waals surface area (Å²) in [4.78, 5) is 6.52. The molecule has 3 rings (SSSR count). The Kier molecular flexibility index (Phi) is 5.98. The Morgan fingerprint density at radius 1 is 0.962 bits per heavy atom. The molecule has 1 heterocycles. The first-order valence-corrected chi connectivity index (χ1v) is 8.72. The Labute approximate surface area is 154 Å². The van der Waals surface area contributed by atoms with E-state index in [1.54, 1.807) is 6.20 Å². The van der Waals surface area contributed by atoms with Crippen molar-refractivity contribution in [3.8, 4) is 0 Å². The fraction of sp³-hybridized carbons (Fsp3) is 0.250. The highest BCUT2D eigenvalue weighted by molar-refractivity contribution is 5.59. The van der Waals surface area contributed by atoms with Crippen LogP contribution in [0, 0.1) is 0 Å². The van der Waals surface area contributed by atoms with Gasteiger partial charge in [0.2, 0.25) is 5.95 Å². The first-order chi connectivity index (χ1) is 12.7. The van der Waals surface area contributed by atoms with Crippen LogP contribution in [0.2, 0.25) is 0 Å². The Hall–Kier alpha value is -3.15. The van der Waals surface area contributed by atoms with Gasteiger partial charge in [0.1, 0.15) is 0 Å². The Balaban J connectivity index is 1.51. The topological polar surface area (TPSA) is 66.0 Å². The fourth-order valence-electron chi connectivity index (χ4n) is 2.57. The molecule has 0 saturated heterocycles. The maximum atomic E-state index is 4.46. The predicted octanol–water partition coefficient (Wildman–Crippen LogP) is 3.73. The molecule has 1 aromatic heterocycles. The van der Waals surface area contributed by atoms with Crippen molar-refractivity contribution in [2.45, 2.75) is 12.8 Å². The molecule has 0 aliphatic rings. The number of hydrogen-bond acceptors (Lipinski definition) is 6. The molecular weight excluding hydrogens is 324 g/mol. The lowest BCUT2D eigenvalue weighted by molar-refractivity contribution is 0.853. The molecule has 2 N–H and O–H groups in total. The second-order valence-electron chi connectivity index (χ2n) is 6.25. The summed E-state index contributed by atoms with van der Waals surface area (Å²) in [6.45, 7) is 0.838. The van der Waals surface area contributed by atoms with Gasteiger partial charge in [0.25, 0.3) is 0 Å². The monoisotopic (exact) mass is 348 g/mol. The second-order valence-corrected chi connectivity index (χ2v) is 6.25. The molecule has 0 fully saturated rings. The molecule has 0 saturated carbocycles. The van der Waals surface area contributed by atoms with Crippen molar-refractivity contribution in [3.63, 3.8) is 0 Å². The van der Waals surface area contributed by atoms with Crippen LogP contribution in [0.5, 0.6) is 0 Å². The van der Waals surface area contributed by atoms with Gasteiger partial charge in [-0.15, -0.1) is 5.10 Å². The highest BCUT2D eigenvalue weighted by Gasteiger charge is 2.02. The van der Waals surface area contributed by atoms with E-state index < -0.39 is 0 Å². The van der Waals surface area contributed by atoms with Crippen molar-refractivity contribution in [1.82, 2.24) is 15.2 Å². The van der Waals surface area contributed by atoms with Crippen molar-refractivity contribution in [2.75, 3.05) is 36.2 Å². The van der Waals surface area contributed by atoms with Gasteiger partial charge in [-0.3, -0.25) is 0 Å². The first kappa shape index (κ1) is 17.7. The molecule has 0 bridgehead atoms. The van der Waals surface area contributed by atoms with E-state index in [9.17, 15) is 0 Å². The van der Waals surface area contributed by atoms with E-state index in [4.69, 9.17) is 0 Å². The van der Waals surface area contributed by atoms with E-state index in [-0.39, 0.29) is 0 Å². The first-order valence-electron chi connectivity index (χ1n) is 8.72. The summed E-state index contributed by atoms with van der Waals surface area (Å²) in [6, 6.07) is 18.6. The molecule has 3 aromatic rings. The van der Waals surface area contributed by atoms with Crippen LogP contribution < -0.4 is 15.5 Å². The van der Waals surface area contributed by atoms with Crippen molar-refractivity contribution in [3.05, 3.63) is 66.4 Å². The fourth-order valence-corrected chi connectivity index (χ4v) is 2.57. The van der Waals surface area contributed by atoms with Crippen LogP contribution >= 0.6 is 0 Å². The average Bonchev–Trinajstić information content (AvgIpc) is 2.67. The summed E-state index contributed by atoms with van der Waals surface area (Å²) in [5, 5.41) is 14.6. The van der Waals surface area contributed by atoms with Gasteiger partial charge in [-0.1, -0.05) is 30.3 Å². The van der Waals surface area contributed by atoms with Crippen LogP contribution in [0.1, 0.15) is 12.0 Å². The Morgan fingerprint density at radius 3 is 2.46 bits per heavy atom. The molecule has 0 unspecified atom stereocenters. The summed E-state index contributed by atoms with van der Waals surface area (Å²) in [7, 11) is 4.03. The lowest BCUT2D eigenvalue weighted by Crippen LogP contribution is -2.09. The summed E-state index contributed by atoms with van der Waals surface area (Å²) in [6.07, 6.45) is 3.71. The van der Waals surface area contributed by atoms with Gasteiger partial charge in [0.05, 0.1) is 6.20 Å².